The fraction of sp³-hybridized carbons (Fsp3) is 0.0667. The first-order chi connectivity index (χ1) is 10.5. The maximum Gasteiger partial charge on any atom is 0.175 e. The summed E-state index contributed by atoms with van der Waals surface area (Å²) >= 11 is 5.45. The summed E-state index contributed by atoms with van der Waals surface area (Å²) in [6, 6.07) is 10.8. The van der Waals surface area contributed by atoms with Crippen LogP contribution in [0.2, 0.25) is 0 Å². The summed E-state index contributed by atoms with van der Waals surface area (Å²) in [6.45, 7) is 0. The highest BCUT2D eigenvalue weighted by Crippen LogP contribution is 2.40. The molecule has 0 fully saturated rings. The van der Waals surface area contributed by atoms with Crippen LogP contribution < -0.4 is 0 Å². The van der Waals surface area contributed by atoms with Crippen LogP contribution in [-0.4, -0.2) is 19.7 Å². The van der Waals surface area contributed by atoms with Crippen molar-refractivity contribution >= 4 is 42.7 Å². The fourth-order valence-electron chi connectivity index (χ4n) is 2.06. The Morgan fingerprint density at radius 3 is 2.36 bits per heavy atom. The monoisotopic (exact) mass is 365 g/mol. The number of aromatic nitrogens is 1. The van der Waals surface area contributed by atoms with Gasteiger partial charge in [-0.1, -0.05) is 51.1 Å². The average Bonchev–Trinajstić information content (AvgIpc) is 2.89. The van der Waals surface area contributed by atoms with Gasteiger partial charge in [-0.3, -0.25) is 4.98 Å². The van der Waals surface area contributed by atoms with E-state index in [-0.39, 0.29) is 0 Å². The summed E-state index contributed by atoms with van der Waals surface area (Å²) in [6.07, 6.45) is 4.72. The Morgan fingerprint density at radius 1 is 1.05 bits per heavy atom. The van der Waals surface area contributed by atoms with Crippen molar-refractivity contribution in [2.45, 2.75) is 4.90 Å². The maximum atomic E-state index is 11.6. The van der Waals surface area contributed by atoms with Gasteiger partial charge in [-0.25, -0.2) is 8.42 Å². The normalized spacial score (nSPS) is 11.5. The van der Waals surface area contributed by atoms with E-state index in [2.05, 4.69) is 4.98 Å². The van der Waals surface area contributed by atoms with E-state index in [1.807, 2.05) is 24.3 Å². The summed E-state index contributed by atoms with van der Waals surface area (Å²) < 4.78 is 23.9. The second kappa shape index (κ2) is 6.00. The lowest BCUT2D eigenvalue weighted by molar-refractivity contribution is 0.602. The van der Waals surface area contributed by atoms with Gasteiger partial charge < -0.3 is 0 Å². The molecule has 0 atom stereocenters. The summed E-state index contributed by atoms with van der Waals surface area (Å²) in [7, 11) is -0.0448. The number of nitrogens with zero attached hydrogens (tertiary/aromatic N) is 1. The first kappa shape index (κ1) is 15.5. The number of rotatable bonds is 3. The second-order valence-electron chi connectivity index (χ2n) is 4.70. The van der Waals surface area contributed by atoms with Crippen molar-refractivity contribution in [1.29, 1.82) is 0 Å². The number of sulfone groups is 1. The molecule has 3 nitrogen and oxygen atoms in total. The van der Waals surface area contributed by atoms with Crippen molar-refractivity contribution < 1.29 is 8.42 Å². The maximum absolute atomic E-state index is 11.6. The predicted molar refractivity (Wildman–Crippen MR) is 94.8 cm³/mol. The van der Waals surface area contributed by atoms with Gasteiger partial charge in [0.1, 0.15) is 3.82 Å². The van der Waals surface area contributed by atoms with E-state index in [1.54, 1.807) is 45.2 Å². The Labute approximate surface area is 141 Å². The van der Waals surface area contributed by atoms with Gasteiger partial charge in [0.05, 0.1) is 9.77 Å². The van der Waals surface area contributed by atoms with Gasteiger partial charge in [0.25, 0.3) is 0 Å². The van der Waals surface area contributed by atoms with Crippen molar-refractivity contribution in [1.82, 2.24) is 4.98 Å². The van der Waals surface area contributed by atoms with Crippen LogP contribution in [0.15, 0.2) is 53.7 Å². The highest BCUT2D eigenvalue weighted by Gasteiger charge is 2.14. The molecule has 0 aliphatic carbocycles. The van der Waals surface area contributed by atoms with Crippen LogP contribution in [0.1, 0.15) is 0 Å². The molecular weight excluding hydrogens is 354 g/mol. The molecule has 22 heavy (non-hydrogen) atoms. The third-order valence-electron chi connectivity index (χ3n) is 3.13. The molecule has 2 aromatic heterocycles. The average molecular weight is 366 g/mol. The molecule has 2 heterocycles. The van der Waals surface area contributed by atoms with Gasteiger partial charge in [-0.15, -0.1) is 0 Å². The molecule has 0 bridgehead atoms. The van der Waals surface area contributed by atoms with Crippen LogP contribution in [0.3, 0.4) is 0 Å². The molecule has 3 aromatic rings. The van der Waals surface area contributed by atoms with E-state index in [4.69, 9.17) is 12.2 Å². The first-order valence-corrected chi connectivity index (χ1v) is 10.8. The molecule has 7 heteroatoms. The zero-order valence-electron chi connectivity index (χ0n) is 11.5. The number of benzene rings is 1. The summed E-state index contributed by atoms with van der Waals surface area (Å²) in [4.78, 5) is 5.51. The smallest absolute Gasteiger partial charge is 0.175 e. The Bertz CT molecular complexity index is 955. The molecule has 0 amide bonds. The van der Waals surface area contributed by atoms with Crippen LogP contribution in [0.5, 0.6) is 0 Å². The van der Waals surface area contributed by atoms with E-state index >= 15 is 0 Å². The van der Waals surface area contributed by atoms with Gasteiger partial charge in [-0.2, -0.15) is 0 Å². The van der Waals surface area contributed by atoms with Crippen molar-refractivity contribution in [3.63, 3.8) is 0 Å². The lowest BCUT2D eigenvalue weighted by atomic mass is 10.1. The lowest BCUT2D eigenvalue weighted by Gasteiger charge is -2.04. The Balaban J connectivity index is 2.13. The highest BCUT2D eigenvalue weighted by molar-refractivity contribution is 7.90. The van der Waals surface area contributed by atoms with Gasteiger partial charge >= 0.3 is 0 Å². The summed E-state index contributed by atoms with van der Waals surface area (Å²) in [5, 5.41) is 0. The van der Waals surface area contributed by atoms with Crippen LogP contribution in [-0.2, 0) is 9.84 Å². The van der Waals surface area contributed by atoms with Gasteiger partial charge in [0.2, 0.25) is 0 Å². The fourth-order valence-corrected chi connectivity index (χ4v) is 5.61. The molecule has 0 unspecified atom stereocenters. The quantitative estimate of drug-likeness (QED) is 0.500. The molecule has 0 saturated carbocycles. The summed E-state index contributed by atoms with van der Waals surface area (Å²) in [5.74, 6) is 0. The van der Waals surface area contributed by atoms with E-state index in [1.165, 1.54) is 6.26 Å². The van der Waals surface area contributed by atoms with E-state index in [0.717, 1.165) is 25.4 Å². The van der Waals surface area contributed by atoms with E-state index in [0.29, 0.717) is 4.90 Å². The first-order valence-electron chi connectivity index (χ1n) is 6.31. The standard InChI is InChI=1S/C15H11NO2S4/c1-22(17,18)12-6-4-10(5-7-12)14-13(15(19)21-20-14)11-3-2-8-16-9-11/h2-9H,1H3. The zero-order chi connectivity index (χ0) is 15.7. The topological polar surface area (TPSA) is 47.0 Å². The number of hydrogen-bond donors (Lipinski definition) is 0. The van der Waals surface area contributed by atoms with E-state index in [9.17, 15) is 8.42 Å². The SMILES string of the molecule is CS(=O)(=O)c1ccc(-c2ssc(=S)c2-c2cccnc2)cc1. The number of hydrogen-bond acceptors (Lipinski definition) is 6. The largest absolute Gasteiger partial charge is 0.264 e. The molecule has 1 aromatic carbocycles. The highest BCUT2D eigenvalue weighted by atomic mass is 32.9. The van der Waals surface area contributed by atoms with Crippen LogP contribution >= 0.6 is 32.9 Å². The molecular formula is C15H11NO2S4. The van der Waals surface area contributed by atoms with Gasteiger partial charge in [-0.05, 0) is 23.8 Å². The third kappa shape index (κ3) is 3.03. The Kier molecular flexibility index (Phi) is 4.22. The third-order valence-corrected chi connectivity index (χ3v) is 7.32. The van der Waals surface area contributed by atoms with Crippen molar-refractivity contribution in [2.24, 2.45) is 0 Å². The van der Waals surface area contributed by atoms with Crippen molar-refractivity contribution in [3.8, 4) is 21.6 Å². The minimum Gasteiger partial charge on any atom is -0.264 e. The van der Waals surface area contributed by atoms with Gasteiger partial charge in [0.15, 0.2) is 9.84 Å². The minimum atomic E-state index is -3.18. The predicted octanol–water partition coefficient (Wildman–Crippen LogP) is 4.67. The van der Waals surface area contributed by atoms with Crippen molar-refractivity contribution in [2.75, 3.05) is 6.26 Å². The molecule has 3 rings (SSSR count). The van der Waals surface area contributed by atoms with Crippen LogP contribution in [0, 0.1) is 3.82 Å². The lowest BCUT2D eigenvalue weighted by Crippen LogP contribution is -1.96. The molecule has 112 valence electrons. The summed E-state index contributed by atoms with van der Waals surface area (Å²) in [5.41, 5.74) is 2.93. The van der Waals surface area contributed by atoms with Crippen LogP contribution in [0.25, 0.3) is 21.6 Å². The molecule has 0 aliphatic rings. The molecule has 0 saturated heterocycles. The van der Waals surface area contributed by atoms with Crippen LogP contribution in [0.4, 0.5) is 0 Å². The second-order valence-corrected chi connectivity index (χ2v) is 9.53. The minimum absolute atomic E-state index is 0.318. The Hall–Kier alpha value is -1.41. The van der Waals surface area contributed by atoms with E-state index < -0.39 is 9.84 Å². The van der Waals surface area contributed by atoms with Gasteiger partial charge in [0, 0.05) is 29.8 Å². The zero-order valence-corrected chi connectivity index (χ0v) is 14.8. The molecule has 0 spiro atoms. The molecule has 0 N–H and O–H groups in total. The number of pyridine rings is 1. The molecule has 0 aliphatic heterocycles. The van der Waals surface area contributed by atoms with Crippen molar-refractivity contribution in [3.05, 3.63) is 52.6 Å². The molecule has 0 radical (unpaired) electrons. The Morgan fingerprint density at radius 2 is 1.77 bits per heavy atom.